The Morgan fingerprint density at radius 1 is 0.849 bits per heavy atom. The zero-order valence-electron chi connectivity index (χ0n) is 30.4. The average Bonchev–Trinajstić information content (AvgIpc) is 3.57. The van der Waals surface area contributed by atoms with Gasteiger partial charge in [0, 0.05) is 60.7 Å². The molecule has 5 amide bonds. The van der Waals surface area contributed by atoms with Crippen LogP contribution in [0, 0.1) is 6.92 Å². The van der Waals surface area contributed by atoms with Crippen LogP contribution in [0.15, 0.2) is 85.1 Å². The molecule has 0 aliphatic carbocycles. The summed E-state index contributed by atoms with van der Waals surface area (Å²) in [6.07, 6.45) is 1.51. The number of ether oxygens (including phenoxy) is 2. The summed E-state index contributed by atoms with van der Waals surface area (Å²) >= 11 is 0. The molecule has 0 spiro atoms. The molecule has 5 aromatic rings. The fourth-order valence-corrected chi connectivity index (χ4v) is 5.69. The monoisotopic (exact) mass is 719 g/mol. The number of anilines is 3. The van der Waals surface area contributed by atoms with Crippen LogP contribution in [-0.4, -0.2) is 83.6 Å². The van der Waals surface area contributed by atoms with Crippen LogP contribution < -0.4 is 31.3 Å². The van der Waals surface area contributed by atoms with Crippen molar-refractivity contribution < 1.29 is 23.9 Å². The van der Waals surface area contributed by atoms with Crippen molar-refractivity contribution in [1.82, 2.24) is 30.3 Å². The largest absolute Gasteiger partial charge is 0.457 e. The van der Waals surface area contributed by atoms with Crippen LogP contribution in [0.25, 0.3) is 16.5 Å². The third-order valence-corrected chi connectivity index (χ3v) is 8.59. The third kappa shape index (κ3) is 9.87. The van der Waals surface area contributed by atoms with E-state index in [0.717, 1.165) is 47.4 Å². The molecule has 0 radical (unpaired) electrons. The lowest BCUT2D eigenvalue weighted by Gasteiger charge is -2.26. The minimum atomic E-state index is -0.575. The minimum absolute atomic E-state index is 0.177. The lowest BCUT2D eigenvalue weighted by molar-refractivity contribution is -0.120. The average molecular weight is 720 g/mol. The first-order valence-electron chi connectivity index (χ1n) is 17.5. The molecule has 276 valence electrons. The molecule has 14 nitrogen and oxygen atoms in total. The fourth-order valence-electron chi connectivity index (χ4n) is 5.69. The maximum atomic E-state index is 13.4. The lowest BCUT2D eigenvalue weighted by atomic mass is 9.92. The Morgan fingerprint density at radius 2 is 1.60 bits per heavy atom. The van der Waals surface area contributed by atoms with E-state index < -0.39 is 12.1 Å². The van der Waals surface area contributed by atoms with Gasteiger partial charge < -0.3 is 25.4 Å². The van der Waals surface area contributed by atoms with E-state index >= 15 is 0 Å². The number of aromatic nitrogens is 3. The van der Waals surface area contributed by atoms with Gasteiger partial charge in [-0.25, -0.2) is 19.3 Å². The van der Waals surface area contributed by atoms with Gasteiger partial charge in [0.05, 0.1) is 36.8 Å². The first kappa shape index (κ1) is 36.8. The van der Waals surface area contributed by atoms with E-state index in [-0.39, 0.29) is 23.7 Å². The number of morpholine rings is 1. The summed E-state index contributed by atoms with van der Waals surface area (Å²) in [5, 5.41) is 20.3. The van der Waals surface area contributed by atoms with Crippen LogP contribution in [0.5, 0.6) is 11.5 Å². The molecular formula is C39H45N9O5. The quantitative estimate of drug-likeness (QED) is 0.110. The van der Waals surface area contributed by atoms with Gasteiger partial charge in [0.1, 0.15) is 23.1 Å². The summed E-state index contributed by atoms with van der Waals surface area (Å²) in [6, 6.07) is 23.2. The molecule has 0 saturated carbocycles. The molecule has 1 saturated heterocycles. The molecule has 0 atom stereocenters. The number of urea groups is 2. The minimum Gasteiger partial charge on any atom is -0.457 e. The molecule has 0 unspecified atom stereocenters. The number of hydrogen-bond acceptors (Lipinski definition) is 8. The van der Waals surface area contributed by atoms with E-state index in [0.29, 0.717) is 42.8 Å². The number of nitrogens with one attached hydrogen (secondary N) is 5. The Kier molecular flexibility index (Phi) is 11.5. The number of aryl methyl sites for hydroxylation is 1. The molecule has 1 aliphatic rings. The number of benzene rings is 3. The summed E-state index contributed by atoms with van der Waals surface area (Å²) in [7, 11) is 0. The number of rotatable bonds is 11. The van der Waals surface area contributed by atoms with E-state index in [1.54, 1.807) is 28.9 Å². The predicted octanol–water partition coefficient (Wildman–Crippen LogP) is 6.03. The van der Waals surface area contributed by atoms with Crippen LogP contribution in [0.1, 0.15) is 32.0 Å². The second-order valence-electron chi connectivity index (χ2n) is 13.7. The summed E-state index contributed by atoms with van der Waals surface area (Å²) in [4.78, 5) is 44.6. The van der Waals surface area contributed by atoms with Crippen molar-refractivity contribution in [2.45, 2.75) is 33.1 Å². The predicted molar refractivity (Wildman–Crippen MR) is 205 cm³/mol. The number of hydrogen-bond donors (Lipinski definition) is 5. The molecule has 3 aromatic carbocycles. The molecular weight excluding hydrogens is 674 g/mol. The SMILES string of the molecule is Cc1ccc(-n2nc(C(C)(C)C)cc2NC(=O)Nc2ccc(Oc3ccnc(NC(=O)NCC(=O)NCCN4CCOCC4)c3)c3ccccc23)cc1. The van der Waals surface area contributed by atoms with Gasteiger partial charge in [0.25, 0.3) is 0 Å². The zero-order chi connectivity index (χ0) is 37.4. The van der Waals surface area contributed by atoms with E-state index in [1.807, 2.05) is 61.5 Å². The van der Waals surface area contributed by atoms with E-state index in [1.165, 1.54) is 6.20 Å². The van der Waals surface area contributed by atoms with Crippen LogP contribution in [0.4, 0.5) is 26.9 Å². The van der Waals surface area contributed by atoms with Gasteiger partial charge in [0.2, 0.25) is 5.91 Å². The van der Waals surface area contributed by atoms with Crippen LogP contribution in [0.2, 0.25) is 0 Å². The molecule has 14 heteroatoms. The molecule has 6 rings (SSSR count). The van der Waals surface area contributed by atoms with Crippen LogP contribution >= 0.6 is 0 Å². The molecule has 2 aromatic heterocycles. The van der Waals surface area contributed by atoms with Crippen molar-refractivity contribution in [2.24, 2.45) is 0 Å². The highest BCUT2D eigenvalue weighted by atomic mass is 16.5. The second-order valence-corrected chi connectivity index (χ2v) is 13.7. The maximum absolute atomic E-state index is 13.4. The second kappa shape index (κ2) is 16.6. The Hall–Kier alpha value is -5.99. The molecule has 0 bridgehead atoms. The maximum Gasteiger partial charge on any atom is 0.324 e. The van der Waals surface area contributed by atoms with Crippen molar-refractivity contribution in [3.63, 3.8) is 0 Å². The van der Waals surface area contributed by atoms with Gasteiger partial charge in [-0.3, -0.25) is 20.3 Å². The Balaban J connectivity index is 1.08. The highest BCUT2D eigenvalue weighted by molar-refractivity contribution is 6.07. The topological polar surface area (TPSA) is 164 Å². The number of carbonyl (C=O) groups is 3. The Bertz CT molecular complexity index is 2070. The molecule has 1 aliphatic heterocycles. The summed E-state index contributed by atoms with van der Waals surface area (Å²) in [5.41, 5.74) is 3.16. The number of carbonyl (C=O) groups excluding carboxylic acids is 3. The smallest absolute Gasteiger partial charge is 0.324 e. The van der Waals surface area contributed by atoms with Gasteiger partial charge in [-0.1, -0.05) is 62.7 Å². The highest BCUT2D eigenvalue weighted by Crippen LogP contribution is 2.35. The van der Waals surface area contributed by atoms with Crippen molar-refractivity contribution in [3.05, 3.63) is 96.3 Å². The Labute approximate surface area is 308 Å². The zero-order valence-corrected chi connectivity index (χ0v) is 30.4. The molecule has 3 heterocycles. The van der Waals surface area contributed by atoms with Crippen molar-refractivity contribution in [3.8, 4) is 17.2 Å². The summed E-state index contributed by atoms with van der Waals surface area (Å²) < 4.78 is 13.3. The van der Waals surface area contributed by atoms with E-state index in [2.05, 4.69) is 57.2 Å². The standard InChI is InChI=1S/C39H45N9O5/c1-26-9-11-27(12-10-26)48-35(24-33(46-48)39(2,3)4)45-38(51)43-31-13-14-32(30-8-6-5-7-29(30)31)53-28-15-16-40-34(23-28)44-37(50)42-25-36(49)41-17-18-47-19-21-52-22-20-47/h5-16,23-24H,17-22,25H2,1-4H3,(H,41,49)(H2,43,45,51)(H2,40,42,44,50). The Morgan fingerprint density at radius 3 is 2.36 bits per heavy atom. The van der Waals surface area contributed by atoms with Gasteiger partial charge in [-0.2, -0.15) is 5.10 Å². The normalized spacial score (nSPS) is 13.3. The third-order valence-electron chi connectivity index (χ3n) is 8.59. The van der Waals surface area contributed by atoms with Crippen LogP contribution in [-0.2, 0) is 14.9 Å². The highest BCUT2D eigenvalue weighted by Gasteiger charge is 2.22. The number of nitrogens with zero attached hydrogens (tertiary/aromatic N) is 4. The summed E-state index contributed by atoms with van der Waals surface area (Å²) in [6.45, 7) is 12.4. The first-order valence-corrected chi connectivity index (χ1v) is 17.5. The van der Waals surface area contributed by atoms with Crippen molar-refractivity contribution in [2.75, 3.05) is 61.9 Å². The van der Waals surface area contributed by atoms with E-state index in [9.17, 15) is 14.4 Å². The number of fused-ring (bicyclic) bond motifs is 1. The van der Waals surface area contributed by atoms with Crippen molar-refractivity contribution >= 4 is 46.1 Å². The fraction of sp³-hybridized carbons (Fsp3) is 0.308. The van der Waals surface area contributed by atoms with Crippen LogP contribution in [0.3, 0.4) is 0 Å². The molecule has 5 N–H and O–H groups in total. The number of pyridine rings is 1. The van der Waals surface area contributed by atoms with Gasteiger partial charge in [0.15, 0.2) is 0 Å². The lowest BCUT2D eigenvalue weighted by Crippen LogP contribution is -2.44. The van der Waals surface area contributed by atoms with Gasteiger partial charge in [-0.15, -0.1) is 0 Å². The van der Waals surface area contributed by atoms with Gasteiger partial charge in [-0.05, 0) is 37.3 Å². The molecule has 1 fully saturated rings. The first-order chi connectivity index (χ1) is 25.5. The van der Waals surface area contributed by atoms with Crippen molar-refractivity contribution in [1.29, 1.82) is 0 Å². The van der Waals surface area contributed by atoms with Gasteiger partial charge >= 0.3 is 12.1 Å². The molecule has 53 heavy (non-hydrogen) atoms. The van der Waals surface area contributed by atoms with E-state index in [4.69, 9.17) is 14.6 Å². The summed E-state index contributed by atoms with van der Waals surface area (Å²) in [5.74, 6) is 1.46. The number of amides is 5.